The van der Waals surface area contributed by atoms with Crippen LogP contribution in [0.3, 0.4) is 0 Å². The van der Waals surface area contributed by atoms with Gasteiger partial charge in [0.2, 0.25) is 5.91 Å². The van der Waals surface area contributed by atoms with Crippen LogP contribution in [0, 0.1) is 0 Å². The third-order valence-corrected chi connectivity index (χ3v) is 3.08. The van der Waals surface area contributed by atoms with Gasteiger partial charge in [-0.3, -0.25) is 4.79 Å². The average molecular weight is 238 g/mol. The highest BCUT2D eigenvalue weighted by molar-refractivity contribution is 7.98. The first kappa shape index (κ1) is 13.1. The molecule has 3 N–H and O–H groups in total. The molecule has 0 saturated heterocycles. The number of carbonyl (C=O) groups is 1. The monoisotopic (exact) mass is 238 g/mol. The summed E-state index contributed by atoms with van der Waals surface area (Å²) in [4.78, 5) is 12.8. The number of carbonyl (C=O) groups excluding carboxylic acids is 1. The number of hydrogen-bond acceptors (Lipinski definition) is 3. The van der Waals surface area contributed by atoms with E-state index >= 15 is 0 Å². The number of thioether (sulfide) groups is 1. The molecule has 1 rings (SSSR count). The Hall–Kier alpha value is -1.00. The topological polar surface area (TPSA) is 55.1 Å². The van der Waals surface area contributed by atoms with Crippen molar-refractivity contribution in [2.24, 2.45) is 5.73 Å². The average Bonchev–Trinajstić information content (AvgIpc) is 2.30. The van der Waals surface area contributed by atoms with Crippen molar-refractivity contribution in [3.05, 3.63) is 29.8 Å². The fraction of sp³-hybridized carbons (Fsp3) is 0.417. The molecule has 0 bridgehead atoms. The van der Waals surface area contributed by atoms with E-state index in [4.69, 9.17) is 5.73 Å². The Balaban J connectivity index is 2.49. The SMILES string of the molecule is CSc1ccccc1CC(=O)NCCCN. The van der Waals surface area contributed by atoms with E-state index in [1.165, 1.54) is 0 Å². The van der Waals surface area contributed by atoms with Crippen LogP contribution in [-0.4, -0.2) is 25.3 Å². The normalized spacial score (nSPS) is 10.1. The van der Waals surface area contributed by atoms with Gasteiger partial charge in [0.15, 0.2) is 0 Å². The molecule has 0 radical (unpaired) electrons. The molecule has 0 aliphatic heterocycles. The van der Waals surface area contributed by atoms with Gasteiger partial charge in [0.25, 0.3) is 0 Å². The second-order valence-electron chi connectivity index (χ2n) is 3.48. The van der Waals surface area contributed by atoms with Crippen LogP contribution in [0.5, 0.6) is 0 Å². The van der Waals surface area contributed by atoms with Gasteiger partial charge in [-0.15, -0.1) is 11.8 Å². The zero-order chi connectivity index (χ0) is 11.8. The van der Waals surface area contributed by atoms with Crippen LogP contribution in [0.15, 0.2) is 29.2 Å². The van der Waals surface area contributed by atoms with Crippen molar-refractivity contribution in [2.75, 3.05) is 19.3 Å². The van der Waals surface area contributed by atoms with E-state index in [0.717, 1.165) is 16.9 Å². The van der Waals surface area contributed by atoms with E-state index < -0.39 is 0 Å². The van der Waals surface area contributed by atoms with E-state index in [1.807, 2.05) is 30.5 Å². The lowest BCUT2D eigenvalue weighted by Gasteiger charge is -2.07. The van der Waals surface area contributed by atoms with E-state index in [9.17, 15) is 4.79 Å². The molecule has 0 aliphatic carbocycles. The number of benzene rings is 1. The summed E-state index contributed by atoms with van der Waals surface area (Å²) in [6, 6.07) is 7.98. The molecule has 0 aliphatic rings. The molecule has 0 aromatic heterocycles. The molecular weight excluding hydrogens is 220 g/mol. The van der Waals surface area contributed by atoms with Crippen LogP contribution in [-0.2, 0) is 11.2 Å². The smallest absolute Gasteiger partial charge is 0.224 e. The van der Waals surface area contributed by atoms with Gasteiger partial charge in [-0.2, -0.15) is 0 Å². The Bertz CT molecular complexity index is 342. The van der Waals surface area contributed by atoms with Gasteiger partial charge in [0.05, 0.1) is 6.42 Å². The van der Waals surface area contributed by atoms with Crippen LogP contribution < -0.4 is 11.1 Å². The minimum atomic E-state index is 0.0648. The number of hydrogen-bond donors (Lipinski definition) is 2. The lowest BCUT2D eigenvalue weighted by molar-refractivity contribution is -0.120. The van der Waals surface area contributed by atoms with Crippen molar-refractivity contribution in [3.8, 4) is 0 Å². The lowest BCUT2D eigenvalue weighted by atomic mass is 10.1. The van der Waals surface area contributed by atoms with Crippen molar-refractivity contribution in [3.63, 3.8) is 0 Å². The van der Waals surface area contributed by atoms with Crippen molar-refractivity contribution < 1.29 is 4.79 Å². The van der Waals surface area contributed by atoms with Gasteiger partial charge < -0.3 is 11.1 Å². The highest BCUT2D eigenvalue weighted by atomic mass is 32.2. The molecule has 0 fully saturated rings. The molecule has 4 heteroatoms. The van der Waals surface area contributed by atoms with E-state index in [2.05, 4.69) is 5.32 Å². The summed E-state index contributed by atoms with van der Waals surface area (Å²) in [5.41, 5.74) is 6.44. The first-order chi connectivity index (χ1) is 7.77. The van der Waals surface area contributed by atoms with Gasteiger partial charge in [-0.25, -0.2) is 0 Å². The standard InChI is InChI=1S/C12H18N2OS/c1-16-11-6-3-2-5-10(11)9-12(15)14-8-4-7-13/h2-3,5-6H,4,7-9,13H2,1H3,(H,14,15). The zero-order valence-corrected chi connectivity index (χ0v) is 10.3. The molecule has 0 spiro atoms. The minimum Gasteiger partial charge on any atom is -0.356 e. The predicted molar refractivity (Wildman–Crippen MR) is 68.6 cm³/mol. The predicted octanol–water partition coefficient (Wildman–Crippen LogP) is 1.42. The van der Waals surface area contributed by atoms with Crippen LogP contribution in [0.1, 0.15) is 12.0 Å². The Labute approximate surface area is 101 Å². The van der Waals surface area contributed by atoms with Gasteiger partial charge in [-0.1, -0.05) is 18.2 Å². The highest BCUT2D eigenvalue weighted by Gasteiger charge is 2.06. The molecule has 0 saturated carbocycles. The maximum atomic E-state index is 11.6. The number of amides is 1. The van der Waals surface area contributed by atoms with Crippen molar-refractivity contribution >= 4 is 17.7 Å². The Morgan fingerprint density at radius 1 is 1.44 bits per heavy atom. The van der Waals surface area contributed by atoms with Gasteiger partial charge >= 0.3 is 0 Å². The fourth-order valence-corrected chi connectivity index (χ4v) is 2.03. The molecule has 16 heavy (non-hydrogen) atoms. The summed E-state index contributed by atoms with van der Waals surface area (Å²) in [6.07, 6.45) is 3.29. The van der Waals surface area contributed by atoms with E-state index in [-0.39, 0.29) is 5.91 Å². The second-order valence-corrected chi connectivity index (χ2v) is 4.33. The summed E-state index contributed by atoms with van der Waals surface area (Å²) < 4.78 is 0. The van der Waals surface area contributed by atoms with Gasteiger partial charge in [0.1, 0.15) is 0 Å². The molecule has 0 atom stereocenters. The third-order valence-electron chi connectivity index (χ3n) is 2.25. The highest BCUT2D eigenvalue weighted by Crippen LogP contribution is 2.19. The van der Waals surface area contributed by atoms with Crippen LogP contribution >= 0.6 is 11.8 Å². The minimum absolute atomic E-state index is 0.0648. The number of rotatable bonds is 6. The van der Waals surface area contributed by atoms with Crippen molar-refractivity contribution in [1.29, 1.82) is 0 Å². The van der Waals surface area contributed by atoms with Crippen molar-refractivity contribution in [2.45, 2.75) is 17.7 Å². The molecule has 1 aromatic carbocycles. The maximum absolute atomic E-state index is 11.6. The quantitative estimate of drug-likeness (QED) is 0.582. The summed E-state index contributed by atoms with van der Waals surface area (Å²) in [5.74, 6) is 0.0648. The molecule has 0 heterocycles. The third kappa shape index (κ3) is 4.24. The zero-order valence-electron chi connectivity index (χ0n) is 9.53. The van der Waals surface area contributed by atoms with Crippen molar-refractivity contribution in [1.82, 2.24) is 5.32 Å². The number of nitrogens with one attached hydrogen (secondary N) is 1. The van der Waals surface area contributed by atoms with E-state index in [0.29, 0.717) is 19.5 Å². The van der Waals surface area contributed by atoms with Gasteiger partial charge in [-0.05, 0) is 30.9 Å². The summed E-state index contributed by atoms with van der Waals surface area (Å²) in [5, 5.41) is 2.86. The summed E-state index contributed by atoms with van der Waals surface area (Å²) in [6.45, 7) is 1.28. The Morgan fingerprint density at radius 3 is 2.88 bits per heavy atom. The summed E-state index contributed by atoms with van der Waals surface area (Å²) >= 11 is 1.67. The molecule has 1 amide bonds. The van der Waals surface area contributed by atoms with Crippen LogP contribution in [0.2, 0.25) is 0 Å². The maximum Gasteiger partial charge on any atom is 0.224 e. The first-order valence-corrected chi connectivity index (χ1v) is 6.59. The lowest BCUT2D eigenvalue weighted by Crippen LogP contribution is -2.27. The van der Waals surface area contributed by atoms with Gasteiger partial charge in [0, 0.05) is 11.4 Å². The molecule has 88 valence electrons. The summed E-state index contributed by atoms with van der Waals surface area (Å²) in [7, 11) is 0. The molecule has 0 unspecified atom stereocenters. The molecule has 3 nitrogen and oxygen atoms in total. The number of nitrogens with two attached hydrogens (primary N) is 1. The van der Waals surface area contributed by atoms with Crippen LogP contribution in [0.25, 0.3) is 0 Å². The van der Waals surface area contributed by atoms with Crippen LogP contribution in [0.4, 0.5) is 0 Å². The fourth-order valence-electron chi connectivity index (χ4n) is 1.41. The second kappa shape index (κ2) is 7.30. The molecular formula is C12H18N2OS. The van der Waals surface area contributed by atoms with E-state index in [1.54, 1.807) is 11.8 Å². The molecule has 1 aromatic rings. The first-order valence-electron chi connectivity index (χ1n) is 5.36. The Morgan fingerprint density at radius 2 is 2.19 bits per heavy atom. The largest absolute Gasteiger partial charge is 0.356 e. The Kier molecular flexibility index (Phi) is 5.96.